The third kappa shape index (κ3) is 3.49. The Labute approximate surface area is 165 Å². The number of rotatable bonds is 3. The molecule has 0 spiro atoms. The molecule has 1 aromatic heterocycles. The minimum absolute atomic E-state index is 0.895. The van der Waals surface area contributed by atoms with Crippen molar-refractivity contribution in [3.63, 3.8) is 0 Å². The van der Waals surface area contributed by atoms with Gasteiger partial charge in [0.15, 0.2) is 0 Å². The van der Waals surface area contributed by atoms with E-state index in [0.717, 1.165) is 33.3 Å². The molecule has 5 rings (SSSR count). The number of benzene rings is 4. The van der Waals surface area contributed by atoms with E-state index in [-0.39, 0.29) is 0 Å². The van der Waals surface area contributed by atoms with E-state index in [4.69, 9.17) is 4.42 Å². The normalized spacial score (nSPS) is 10.5. The van der Waals surface area contributed by atoms with E-state index >= 15 is 0 Å². The zero-order chi connectivity index (χ0) is 19.3. The second-order valence-electron chi connectivity index (χ2n) is 6.38. The van der Waals surface area contributed by atoms with Crippen LogP contribution in [0.2, 0.25) is 0 Å². The van der Waals surface area contributed by atoms with Crippen molar-refractivity contribution in [3.8, 4) is 11.1 Å². The van der Waals surface area contributed by atoms with Crippen molar-refractivity contribution in [3.05, 3.63) is 97.1 Å². The first-order chi connectivity index (χ1) is 13.9. The smallest absolute Gasteiger partial charge is 0.137 e. The Morgan fingerprint density at radius 1 is 0.536 bits per heavy atom. The van der Waals surface area contributed by atoms with Crippen molar-refractivity contribution < 1.29 is 4.42 Å². The van der Waals surface area contributed by atoms with Gasteiger partial charge in [-0.2, -0.15) is 0 Å². The van der Waals surface area contributed by atoms with Crippen LogP contribution in [0, 0.1) is 0 Å². The maximum atomic E-state index is 6.15. The minimum atomic E-state index is 0.895. The van der Waals surface area contributed by atoms with Crippen molar-refractivity contribution in [2.75, 3.05) is 5.32 Å². The highest BCUT2D eigenvalue weighted by molar-refractivity contribution is 6.06. The fourth-order valence-corrected chi connectivity index (χ4v) is 3.35. The fourth-order valence-electron chi connectivity index (χ4n) is 3.35. The second-order valence-corrected chi connectivity index (χ2v) is 6.38. The lowest BCUT2D eigenvalue weighted by Gasteiger charge is -2.05. The molecule has 0 saturated heterocycles. The Hall–Kier alpha value is -3.52. The number of anilines is 2. The van der Waals surface area contributed by atoms with Crippen LogP contribution in [-0.4, -0.2) is 0 Å². The van der Waals surface area contributed by atoms with Crippen molar-refractivity contribution in [1.82, 2.24) is 0 Å². The van der Waals surface area contributed by atoms with Crippen LogP contribution in [0.1, 0.15) is 13.8 Å². The van der Waals surface area contributed by atoms with Gasteiger partial charge < -0.3 is 9.73 Å². The van der Waals surface area contributed by atoms with Gasteiger partial charge in [0.05, 0.1) is 0 Å². The molecule has 0 amide bonds. The molecule has 2 nitrogen and oxygen atoms in total. The number of hydrogen-bond donors (Lipinski definition) is 1. The Morgan fingerprint density at radius 2 is 1.14 bits per heavy atom. The number of fused-ring (bicyclic) bond motifs is 3. The standard InChI is InChI=1S/C24H17NO.C2H6/c1-3-7-17(8-4-1)18-11-13-21-22-14-12-20(16-24(22)26-23(21)15-18)25-19-9-5-2-6-10-19;1-2/h1-16,25H;1-2H3. The van der Waals surface area contributed by atoms with Crippen molar-refractivity contribution >= 4 is 33.3 Å². The van der Waals surface area contributed by atoms with E-state index in [0.29, 0.717) is 0 Å². The lowest BCUT2D eigenvalue weighted by Crippen LogP contribution is -1.88. The van der Waals surface area contributed by atoms with Crippen molar-refractivity contribution in [2.24, 2.45) is 0 Å². The molecule has 0 unspecified atom stereocenters. The number of furan rings is 1. The first-order valence-electron chi connectivity index (χ1n) is 9.71. The average molecular weight is 365 g/mol. The number of nitrogens with one attached hydrogen (secondary N) is 1. The van der Waals surface area contributed by atoms with E-state index in [2.05, 4.69) is 78.1 Å². The third-order valence-electron chi connectivity index (χ3n) is 4.64. The van der Waals surface area contributed by atoms with Crippen LogP contribution in [0.25, 0.3) is 33.1 Å². The minimum Gasteiger partial charge on any atom is -0.456 e. The molecule has 5 aromatic rings. The zero-order valence-corrected chi connectivity index (χ0v) is 16.1. The topological polar surface area (TPSA) is 25.2 Å². The van der Waals surface area contributed by atoms with Gasteiger partial charge in [0, 0.05) is 28.2 Å². The molecule has 0 bridgehead atoms. The second kappa shape index (κ2) is 8.01. The summed E-state index contributed by atoms with van der Waals surface area (Å²) in [6.07, 6.45) is 0. The van der Waals surface area contributed by atoms with Crippen LogP contribution in [0.3, 0.4) is 0 Å². The predicted octanol–water partition coefficient (Wildman–Crippen LogP) is 8.02. The first kappa shape index (κ1) is 17.9. The summed E-state index contributed by atoms with van der Waals surface area (Å²) < 4.78 is 6.15. The lowest BCUT2D eigenvalue weighted by molar-refractivity contribution is 0.669. The van der Waals surface area contributed by atoms with Gasteiger partial charge in [0.2, 0.25) is 0 Å². The zero-order valence-electron chi connectivity index (χ0n) is 16.1. The molecule has 0 atom stereocenters. The van der Waals surface area contributed by atoms with Crippen LogP contribution in [0.5, 0.6) is 0 Å². The van der Waals surface area contributed by atoms with Crippen molar-refractivity contribution in [1.29, 1.82) is 0 Å². The molecule has 1 heterocycles. The van der Waals surface area contributed by atoms with Gasteiger partial charge in [-0.25, -0.2) is 0 Å². The Morgan fingerprint density at radius 3 is 1.86 bits per heavy atom. The molecule has 0 saturated carbocycles. The average Bonchev–Trinajstić information content (AvgIpc) is 3.13. The number of para-hydroxylation sites is 1. The maximum absolute atomic E-state index is 6.15. The van der Waals surface area contributed by atoms with Gasteiger partial charge in [-0.1, -0.05) is 68.4 Å². The van der Waals surface area contributed by atoms with Crippen LogP contribution < -0.4 is 5.32 Å². The summed E-state index contributed by atoms with van der Waals surface area (Å²) in [6.45, 7) is 4.00. The molecule has 4 aromatic carbocycles. The summed E-state index contributed by atoms with van der Waals surface area (Å²) in [5, 5.41) is 5.70. The summed E-state index contributed by atoms with van der Waals surface area (Å²) in [4.78, 5) is 0. The van der Waals surface area contributed by atoms with E-state index in [1.165, 1.54) is 11.1 Å². The van der Waals surface area contributed by atoms with Gasteiger partial charge in [-0.15, -0.1) is 0 Å². The monoisotopic (exact) mass is 365 g/mol. The highest BCUT2D eigenvalue weighted by Crippen LogP contribution is 2.34. The molecule has 1 N–H and O–H groups in total. The van der Waals surface area contributed by atoms with E-state index in [1.54, 1.807) is 0 Å². The van der Waals surface area contributed by atoms with E-state index in [1.807, 2.05) is 38.1 Å². The maximum Gasteiger partial charge on any atom is 0.137 e. The Bertz CT molecular complexity index is 1190. The lowest BCUT2D eigenvalue weighted by atomic mass is 10.0. The molecule has 0 fully saturated rings. The van der Waals surface area contributed by atoms with Crippen LogP contribution in [0.15, 0.2) is 101 Å². The highest BCUT2D eigenvalue weighted by Gasteiger charge is 2.09. The molecule has 0 aliphatic rings. The highest BCUT2D eigenvalue weighted by atomic mass is 16.3. The molecular formula is C26H23NO. The number of hydrogen-bond acceptors (Lipinski definition) is 2. The fraction of sp³-hybridized carbons (Fsp3) is 0.0769. The third-order valence-corrected chi connectivity index (χ3v) is 4.64. The molecule has 138 valence electrons. The van der Waals surface area contributed by atoms with Gasteiger partial charge >= 0.3 is 0 Å². The molecule has 0 aliphatic heterocycles. The molecule has 2 heteroatoms. The van der Waals surface area contributed by atoms with Gasteiger partial charge in [-0.05, 0) is 47.5 Å². The first-order valence-corrected chi connectivity index (χ1v) is 9.71. The molecular weight excluding hydrogens is 342 g/mol. The summed E-state index contributed by atoms with van der Waals surface area (Å²) in [5.74, 6) is 0. The Balaban J connectivity index is 0.000000932. The van der Waals surface area contributed by atoms with Crippen LogP contribution in [0.4, 0.5) is 11.4 Å². The summed E-state index contributed by atoms with van der Waals surface area (Å²) in [7, 11) is 0. The van der Waals surface area contributed by atoms with Gasteiger partial charge in [-0.3, -0.25) is 0 Å². The van der Waals surface area contributed by atoms with Crippen LogP contribution >= 0.6 is 0 Å². The van der Waals surface area contributed by atoms with Gasteiger partial charge in [0.1, 0.15) is 11.2 Å². The molecule has 0 radical (unpaired) electrons. The summed E-state index contributed by atoms with van der Waals surface area (Å²) >= 11 is 0. The SMILES string of the molecule is CC.c1ccc(Nc2ccc3c(c2)oc2cc(-c4ccccc4)ccc23)cc1. The van der Waals surface area contributed by atoms with Crippen LogP contribution in [-0.2, 0) is 0 Å². The summed E-state index contributed by atoms with van der Waals surface area (Å²) in [6, 6.07) is 33.2. The van der Waals surface area contributed by atoms with E-state index < -0.39 is 0 Å². The largest absolute Gasteiger partial charge is 0.456 e. The quantitative estimate of drug-likeness (QED) is 0.350. The van der Waals surface area contributed by atoms with E-state index in [9.17, 15) is 0 Å². The van der Waals surface area contributed by atoms with Crippen molar-refractivity contribution in [2.45, 2.75) is 13.8 Å². The van der Waals surface area contributed by atoms with Gasteiger partial charge in [0.25, 0.3) is 0 Å². The molecule has 28 heavy (non-hydrogen) atoms. The molecule has 0 aliphatic carbocycles. The Kier molecular flexibility index (Phi) is 5.11. The summed E-state index contributed by atoms with van der Waals surface area (Å²) in [5.41, 5.74) is 6.26. The predicted molar refractivity (Wildman–Crippen MR) is 120 cm³/mol.